The van der Waals surface area contributed by atoms with Gasteiger partial charge in [0.05, 0.1) is 16.6 Å². The lowest BCUT2D eigenvalue weighted by molar-refractivity contribution is -0.384. The van der Waals surface area contributed by atoms with Crippen LogP contribution in [0.4, 0.5) is 5.69 Å². The number of Topliss-reactive ketones (excluding diaryl/α,β-unsaturated/α-hetero) is 1. The Morgan fingerprint density at radius 3 is 2.36 bits per heavy atom. The van der Waals surface area contributed by atoms with Crippen LogP contribution < -0.4 is 5.11 Å². The van der Waals surface area contributed by atoms with Crippen molar-refractivity contribution in [3.63, 3.8) is 0 Å². The molecule has 0 aromatic heterocycles. The average Bonchev–Trinajstić information content (AvgIpc) is 2.56. The molecule has 1 rings (SSSR count). The number of carbonyl (C=O) groups is 1. The Bertz CT molecular complexity index is 677. The van der Waals surface area contributed by atoms with Crippen molar-refractivity contribution in [3.05, 3.63) is 38.9 Å². The SMILES string of the molecule is CC([O-])=N[C@@H](C(=O)c1ccc([N+](=O)[O-])cc1Cl)[C@@H](O)[C@H](O)[C@H](O)CO. The summed E-state index contributed by atoms with van der Waals surface area (Å²) in [6.45, 7) is 0.0940. The van der Waals surface area contributed by atoms with E-state index in [1.807, 2.05) is 0 Å². The number of nitro groups is 1. The molecular weight excluding hydrogens is 360 g/mol. The highest BCUT2D eigenvalue weighted by Gasteiger charge is 2.36. The average molecular weight is 376 g/mol. The number of hydrogen-bond donors (Lipinski definition) is 4. The Kier molecular flexibility index (Phi) is 7.39. The molecule has 0 saturated carbocycles. The second-order valence-electron chi connectivity index (χ2n) is 5.11. The molecule has 1 aromatic carbocycles. The molecule has 0 fully saturated rings. The van der Waals surface area contributed by atoms with Gasteiger partial charge in [-0.3, -0.25) is 19.9 Å². The second-order valence-corrected chi connectivity index (χ2v) is 5.52. The molecule has 0 bridgehead atoms. The van der Waals surface area contributed by atoms with Crippen molar-refractivity contribution >= 4 is 29.0 Å². The number of nitro benzene ring substituents is 1. The van der Waals surface area contributed by atoms with Gasteiger partial charge in [-0.2, -0.15) is 0 Å². The number of aliphatic imine (C=N–C) groups is 1. The molecular formula is C14H16ClN2O8-. The minimum Gasteiger partial charge on any atom is -0.862 e. The van der Waals surface area contributed by atoms with Crippen molar-refractivity contribution in [2.45, 2.75) is 31.3 Å². The third-order valence-corrected chi connectivity index (χ3v) is 3.59. The van der Waals surface area contributed by atoms with E-state index in [0.29, 0.717) is 0 Å². The summed E-state index contributed by atoms with van der Waals surface area (Å²) in [5, 5.41) is 59.6. The van der Waals surface area contributed by atoms with Gasteiger partial charge in [-0.1, -0.05) is 11.6 Å². The van der Waals surface area contributed by atoms with Crippen LogP contribution in [0.2, 0.25) is 5.02 Å². The van der Waals surface area contributed by atoms with Crippen molar-refractivity contribution in [2.24, 2.45) is 4.99 Å². The number of aliphatic hydroxyl groups is 4. The smallest absolute Gasteiger partial charge is 0.270 e. The zero-order chi connectivity index (χ0) is 19.3. The number of hydrogen-bond acceptors (Lipinski definition) is 9. The number of benzene rings is 1. The number of ketones is 1. The minimum absolute atomic E-state index is 0.271. The molecule has 25 heavy (non-hydrogen) atoms. The molecule has 0 spiro atoms. The van der Waals surface area contributed by atoms with Crippen LogP contribution in [-0.2, 0) is 0 Å². The molecule has 0 saturated heterocycles. The molecule has 11 heteroatoms. The first-order valence-electron chi connectivity index (χ1n) is 6.94. The lowest BCUT2D eigenvalue weighted by Gasteiger charge is -2.27. The summed E-state index contributed by atoms with van der Waals surface area (Å²) in [7, 11) is 0. The van der Waals surface area contributed by atoms with Crippen molar-refractivity contribution in [3.8, 4) is 0 Å². The van der Waals surface area contributed by atoms with Gasteiger partial charge in [0.25, 0.3) is 5.69 Å². The van der Waals surface area contributed by atoms with E-state index in [0.717, 1.165) is 25.1 Å². The van der Waals surface area contributed by atoms with Gasteiger partial charge in [0.1, 0.15) is 24.4 Å². The number of non-ortho nitro benzene ring substituents is 1. The molecule has 138 valence electrons. The molecule has 1 aromatic rings. The number of nitrogens with zero attached hydrogens (tertiary/aromatic N) is 2. The molecule has 0 radical (unpaired) electrons. The Hall–Kier alpha value is -2.11. The van der Waals surface area contributed by atoms with Gasteiger partial charge >= 0.3 is 0 Å². The highest BCUT2D eigenvalue weighted by molar-refractivity contribution is 6.34. The van der Waals surface area contributed by atoms with E-state index in [4.69, 9.17) is 16.7 Å². The summed E-state index contributed by atoms with van der Waals surface area (Å²) >= 11 is 5.84. The summed E-state index contributed by atoms with van der Waals surface area (Å²) < 4.78 is 0. The summed E-state index contributed by atoms with van der Waals surface area (Å²) in [4.78, 5) is 25.9. The first-order valence-corrected chi connectivity index (χ1v) is 7.32. The topological polar surface area (TPSA) is 177 Å². The van der Waals surface area contributed by atoms with Crippen LogP contribution in [0.5, 0.6) is 0 Å². The molecule has 0 heterocycles. The second kappa shape index (κ2) is 8.83. The van der Waals surface area contributed by atoms with Crippen LogP contribution in [-0.4, -0.2) is 68.0 Å². The highest BCUT2D eigenvalue weighted by Crippen LogP contribution is 2.25. The van der Waals surface area contributed by atoms with Crippen molar-refractivity contribution in [1.29, 1.82) is 0 Å². The summed E-state index contributed by atoms with van der Waals surface area (Å²) in [6.07, 6.45) is -5.77. The normalized spacial score (nSPS) is 16.8. The van der Waals surface area contributed by atoms with E-state index in [9.17, 15) is 35.3 Å². The Labute approximate surface area is 146 Å². The van der Waals surface area contributed by atoms with E-state index < -0.39 is 47.6 Å². The Morgan fingerprint density at radius 2 is 1.92 bits per heavy atom. The van der Waals surface area contributed by atoms with Crippen LogP contribution >= 0.6 is 11.6 Å². The fourth-order valence-corrected chi connectivity index (χ4v) is 2.25. The molecule has 0 aliphatic rings. The zero-order valence-corrected chi connectivity index (χ0v) is 13.7. The van der Waals surface area contributed by atoms with E-state index in [1.165, 1.54) is 0 Å². The standard InChI is InChI=1S/C14H17ClN2O8/c1-6(19)16-11(14(23)13(22)10(20)5-18)12(21)8-3-2-7(17(24)25)4-9(8)15/h2-4,10-11,13-14,18,20,22-23H,5H2,1H3,(H,16,19)/p-1/t10-,11+,13-,14-/m1/s1. The van der Waals surface area contributed by atoms with E-state index in [-0.39, 0.29) is 16.3 Å². The largest absolute Gasteiger partial charge is 0.862 e. The first kappa shape index (κ1) is 20.9. The summed E-state index contributed by atoms with van der Waals surface area (Å²) in [6, 6.07) is 1.10. The van der Waals surface area contributed by atoms with Crippen LogP contribution in [0, 0.1) is 10.1 Å². The summed E-state index contributed by atoms with van der Waals surface area (Å²) in [5.41, 5.74) is -0.648. The molecule has 0 amide bonds. The van der Waals surface area contributed by atoms with Gasteiger partial charge in [0.15, 0.2) is 5.78 Å². The maximum atomic E-state index is 12.5. The highest BCUT2D eigenvalue weighted by atomic mass is 35.5. The molecule has 4 N–H and O–H groups in total. The van der Waals surface area contributed by atoms with Gasteiger partial charge in [-0.25, -0.2) is 0 Å². The molecule has 0 aliphatic carbocycles. The number of aliphatic hydroxyl groups excluding tert-OH is 4. The van der Waals surface area contributed by atoms with E-state index in [2.05, 4.69) is 4.99 Å². The molecule has 0 unspecified atom stereocenters. The number of rotatable bonds is 8. The quantitative estimate of drug-likeness (QED) is 0.142. The third-order valence-electron chi connectivity index (χ3n) is 3.27. The van der Waals surface area contributed by atoms with Crippen LogP contribution in [0.3, 0.4) is 0 Å². The van der Waals surface area contributed by atoms with Crippen LogP contribution in [0.1, 0.15) is 17.3 Å². The maximum Gasteiger partial charge on any atom is 0.270 e. The minimum atomic E-state index is -2.02. The lowest BCUT2D eigenvalue weighted by Crippen LogP contribution is -2.48. The number of carbonyl (C=O) groups excluding carboxylic acids is 1. The monoisotopic (exact) mass is 375 g/mol. The van der Waals surface area contributed by atoms with Gasteiger partial charge in [-0.05, 0) is 18.9 Å². The number of halogens is 1. The maximum absolute atomic E-state index is 12.5. The van der Waals surface area contributed by atoms with Gasteiger partial charge < -0.3 is 25.5 Å². The van der Waals surface area contributed by atoms with Crippen molar-refractivity contribution in [2.75, 3.05) is 6.61 Å². The third kappa shape index (κ3) is 5.18. The molecule has 10 nitrogen and oxygen atoms in total. The summed E-state index contributed by atoms with van der Waals surface area (Å²) in [5.74, 6) is -1.84. The first-order chi connectivity index (χ1) is 11.6. The lowest BCUT2D eigenvalue weighted by atomic mass is 9.94. The predicted molar refractivity (Wildman–Crippen MR) is 84.4 cm³/mol. The Balaban J connectivity index is 3.26. The Morgan fingerprint density at radius 1 is 1.32 bits per heavy atom. The molecule has 4 atom stereocenters. The van der Waals surface area contributed by atoms with Gasteiger partial charge in [0.2, 0.25) is 0 Å². The van der Waals surface area contributed by atoms with Crippen LogP contribution in [0.15, 0.2) is 23.2 Å². The molecule has 0 aliphatic heterocycles. The van der Waals surface area contributed by atoms with Crippen molar-refractivity contribution < 1.29 is 35.3 Å². The zero-order valence-electron chi connectivity index (χ0n) is 12.9. The fraction of sp³-hybridized carbons (Fsp3) is 0.429. The van der Waals surface area contributed by atoms with Gasteiger partial charge in [0, 0.05) is 17.7 Å². The van der Waals surface area contributed by atoms with Crippen molar-refractivity contribution in [1.82, 2.24) is 0 Å². The van der Waals surface area contributed by atoms with Gasteiger partial charge in [-0.15, -0.1) is 0 Å². The van der Waals surface area contributed by atoms with E-state index in [1.54, 1.807) is 0 Å². The van der Waals surface area contributed by atoms with E-state index >= 15 is 0 Å². The predicted octanol–water partition coefficient (Wildman–Crippen LogP) is -1.35. The van der Waals surface area contributed by atoms with Crippen LogP contribution in [0.25, 0.3) is 0 Å². The fourth-order valence-electron chi connectivity index (χ4n) is 1.99.